The molecule has 0 radical (unpaired) electrons. The summed E-state index contributed by atoms with van der Waals surface area (Å²) in [4.78, 5) is 48.6. The topological polar surface area (TPSA) is 155 Å². The maximum Gasteiger partial charge on any atom is 0.472 e. The molecule has 0 aromatic heterocycles. The van der Waals surface area contributed by atoms with Crippen molar-refractivity contribution in [3.8, 4) is 0 Å². The number of phosphoric ester groups is 1. The highest BCUT2D eigenvalue weighted by atomic mass is 31.2. The number of phosphoric acid groups is 1. The number of aliphatic hydroxyl groups is 1. The molecular weight excluding hydrogens is 952 g/mol. The number of carbonyl (C=O) groups is 3. The van der Waals surface area contributed by atoms with E-state index in [9.17, 15) is 28.9 Å². The van der Waals surface area contributed by atoms with E-state index in [1.54, 1.807) is 0 Å². The van der Waals surface area contributed by atoms with E-state index in [4.69, 9.17) is 23.3 Å². The van der Waals surface area contributed by atoms with E-state index in [1.807, 2.05) is 0 Å². The number of aliphatic hydroxyl groups excluding tert-OH is 1. The average Bonchev–Trinajstić information content (AvgIpc) is 3.39. The fourth-order valence-corrected chi connectivity index (χ4v) is 9.43. The number of rotatable bonds is 57. The Bertz CT molecular complexity index is 1430. The second-order valence-electron chi connectivity index (χ2n) is 20.5. The number of hydrogen-bond acceptors (Lipinski definition) is 10. The Kier molecular flexibility index (Phi) is 54.7. The maximum absolute atomic E-state index is 12.9. The summed E-state index contributed by atoms with van der Waals surface area (Å²) < 4.78 is 39.6. The molecule has 12 heteroatoms. The van der Waals surface area contributed by atoms with E-state index in [2.05, 4.69) is 69.4 Å². The van der Waals surface area contributed by atoms with Gasteiger partial charge in [0.25, 0.3) is 0 Å². The van der Waals surface area contributed by atoms with Crippen molar-refractivity contribution in [2.45, 2.75) is 303 Å². The molecule has 0 aromatic rings. The lowest BCUT2D eigenvalue weighted by Crippen LogP contribution is -2.30. The van der Waals surface area contributed by atoms with Gasteiger partial charge in [-0.1, -0.05) is 262 Å². The molecule has 0 saturated carbocycles. The molecule has 0 aliphatic carbocycles. The van der Waals surface area contributed by atoms with Crippen LogP contribution < -0.4 is 0 Å². The molecule has 0 amide bonds. The molecule has 3 atom stereocenters. The van der Waals surface area contributed by atoms with Gasteiger partial charge < -0.3 is 24.2 Å². The lowest BCUT2D eigenvalue weighted by molar-refractivity contribution is -0.161. The zero-order chi connectivity index (χ0) is 54.1. The Morgan fingerprint density at radius 1 is 0.392 bits per heavy atom. The van der Waals surface area contributed by atoms with Gasteiger partial charge in [0.2, 0.25) is 0 Å². The fraction of sp³-hybridized carbons (Fsp3) is 0.823. The number of unbranched alkanes of at least 4 members (excludes halogenated alkanes) is 32. The zero-order valence-electron chi connectivity index (χ0n) is 47.8. The van der Waals surface area contributed by atoms with Gasteiger partial charge >= 0.3 is 25.7 Å². The van der Waals surface area contributed by atoms with Crippen molar-refractivity contribution in [1.29, 1.82) is 0 Å². The van der Waals surface area contributed by atoms with Crippen molar-refractivity contribution in [2.75, 3.05) is 26.4 Å². The normalized spacial score (nSPS) is 13.6. The summed E-state index contributed by atoms with van der Waals surface area (Å²) in [6, 6.07) is 0. The molecular formula is C62H113O11P. The largest absolute Gasteiger partial charge is 0.472 e. The molecule has 2 N–H and O–H groups in total. The highest BCUT2D eigenvalue weighted by Crippen LogP contribution is 2.43. The van der Waals surface area contributed by atoms with Crippen LogP contribution in [0.4, 0.5) is 0 Å². The van der Waals surface area contributed by atoms with Gasteiger partial charge in [0, 0.05) is 19.3 Å². The number of esters is 3. The second kappa shape index (κ2) is 56.6. The van der Waals surface area contributed by atoms with Gasteiger partial charge in [-0.3, -0.25) is 23.4 Å². The third kappa shape index (κ3) is 54.2. The highest BCUT2D eigenvalue weighted by Gasteiger charge is 2.28. The summed E-state index contributed by atoms with van der Waals surface area (Å²) in [5.74, 6) is -1.49. The molecule has 11 nitrogen and oxygen atoms in total. The standard InChI is InChI=1S/C62H113O11P/c1-4-7-10-13-16-19-22-25-28-29-32-35-38-41-44-47-50-53-62(66)73-59(55-69-60(64)51-48-45-42-39-36-33-30-26-23-20-17-14-11-8-5-2)57-71-74(67,68)70-56-58(54-63)72-61(65)52-49-46-43-40-37-34-31-27-24-21-18-15-12-9-6-3/h8,11,17,20,26,30,36,39,58-59,63H,4-7,9-10,12-16,18-19,21-25,27-29,31-35,37-38,40-57H2,1-3H3,(H,67,68)/b11-8-,20-17-,30-26-,39-36-. The van der Waals surface area contributed by atoms with E-state index in [1.165, 1.54) is 154 Å². The summed E-state index contributed by atoms with van der Waals surface area (Å²) in [6.07, 6.45) is 60.7. The van der Waals surface area contributed by atoms with Crippen molar-refractivity contribution in [3.63, 3.8) is 0 Å². The Hall–Kier alpha value is -2.56. The Morgan fingerprint density at radius 3 is 1.08 bits per heavy atom. The molecule has 0 aliphatic rings. The fourth-order valence-electron chi connectivity index (χ4n) is 8.64. The molecule has 74 heavy (non-hydrogen) atoms. The lowest BCUT2D eigenvalue weighted by atomic mass is 10.0. The van der Waals surface area contributed by atoms with E-state index >= 15 is 0 Å². The first-order chi connectivity index (χ1) is 36.2. The van der Waals surface area contributed by atoms with Gasteiger partial charge in [-0.2, -0.15) is 0 Å². The van der Waals surface area contributed by atoms with Crippen LogP contribution in [0.5, 0.6) is 0 Å². The monoisotopic (exact) mass is 1060 g/mol. The van der Waals surface area contributed by atoms with E-state index in [-0.39, 0.29) is 25.9 Å². The number of carbonyl (C=O) groups excluding carboxylic acids is 3. The summed E-state index contributed by atoms with van der Waals surface area (Å²) in [5.41, 5.74) is 0. The second-order valence-corrected chi connectivity index (χ2v) is 22.0. The van der Waals surface area contributed by atoms with Crippen molar-refractivity contribution in [3.05, 3.63) is 48.6 Å². The summed E-state index contributed by atoms with van der Waals surface area (Å²) in [6.45, 7) is 4.54. The first kappa shape index (κ1) is 71.4. The van der Waals surface area contributed by atoms with E-state index < -0.39 is 57.8 Å². The van der Waals surface area contributed by atoms with Crippen LogP contribution in [-0.2, 0) is 42.2 Å². The van der Waals surface area contributed by atoms with Gasteiger partial charge in [0.05, 0.1) is 19.8 Å². The van der Waals surface area contributed by atoms with Gasteiger partial charge in [-0.25, -0.2) is 4.57 Å². The van der Waals surface area contributed by atoms with Crippen LogP contribution in [0.2, 0.25) is 0 Å². The molecule has 0 bridgehead atoms. The maximum atomic E-state index is 12.9. The van der Waals surface area contributed by atoms with Crippen LogP contribution in [0, 0.1) is 0 Å². The van der Waals surface area contributed by atoms with Crippen molar-refractivity contribution < 1.29 is 52.2 Å². The quantitative estimate of drug-likeness (QED) is 0.0197. The minimum absolute atomic E-state index is 0.163. The minimum atomic E-state index is -4.75. The molecule has 432 valence electrons. The lowest BCUT2D eigenvalue weighted by Gasteiger charge is -2.21. The predicted molar refractivity (Wildman–Crippen MR) is 307 cm³/mol. The molecule has 0 aromatic carbocycles. The predicted octanol–water partition coefficient (Wildman–Crippen LogP) is 18.1. The summed E-state index contributed by atoms with van der Waals surface area (Å²) >= 11 is 0. The van der Waals surface area contributed by atoms with Gasteiger partial charge in [-0.05, 0) is 57.8 Å². The number of allylic oxidation sites excluding steroid dienone is 8. The van der Waals surface area contributed by atoms with Crippen molar-refractivity contribution in [2.24, 2.45) is 0 Å². The van der Waals surface area contributed by atoms with Crippen LogP contribution in [0.15, 0.2) is 48.6 Å². The Labute approximate surface area is 453 Å². The first-order valence-electron chi connectivity index (χ1n) is 30.5. The summed E-state index contributed by atoms with van der Waals surface area (Å²) in [5, 5.41) is 9.83. The van der Waals surface area contributed by atoms with Crippen LogP contribution in [0.25, 0.3) is 0 Å². The van der Waals surface area contributed by atoms with Crippen LogP contribution >= 0.6 is 7.82 Å². The number of hydrogen-bond donors (Lipinski definition) is 2. The first-order valence-corrected chi connectivity index (χ1v) is 32.0. The molecule has 3 unspecified atom stereocenters. The van der Waals surface area contributed by atoms with Crippen LogP contribution in [0.1, 0.15) is 290 Å². The molecule has 0 saturated heterocycles. The van der Waals surface area contributed by atoms with Crippen molar-refractivity contribution in [1.82, 2.24) is 0 Å². The molecule has 0 rings (SSSR count). The van der Waals surface area contributed by atoms with Gasteiger partial charge in [-0.15, -0.1) is 0 Å². The van der Waals surface area contributed by atoms with Crippen LogP contribution in [-0.4, -0.2) is 66.5 Å². The molecule has 0 aliphatic heterocycles. The molecule has 0 heterocycles. The third-order valence-corrected chi connectivity index (χ3v) is 14.2. The highest BCUT2D eigenvalue weighted by molar-refractivity contribution is 7.47. The molecule has 0 spiro atoms. The average molecular weight is 1070 g/mol. The van der Waals surface area contributed by atoms with Crippen LogP contribution in [0.3, 0.4) is 0 Å². The Balaban J connectivity index is 4.72. The van der Waals surface area contributed by atoms with Gasteiger partial charge in [0.1, 0.15) is 12.7 Å². The summed E-state index contributed by atoms with van der Waals surface area (Å²) in [7, 11) is -4.75. The SMILES string of the molecule is CC/C=C\C/C=C\C/C=C\C/C=C\CCCCC(=O)OCC(COP(=O)(O)OCC(CO)OC(=O)CCCCCCCCCCCCCCCCC)OC(=O)CCCCCCCCCCCCCCCCCCC. The van der Waals surface area contributed by atoms with E-state index in [0.29, 0.717) is 19.3 Å². The minimum Gasteiger partial charge on any atom is -0.462 e. The van der Waals surface area contributed by atoms with Gasteiger partial charge in [0.15, 0.2) is 6.10 Å². The Morgan fingerprint density at radius 2 is 0.703 bits per heavy atom. The third-order valence-electron chi connectivity index (χ3n) is 13.3. The number of ether oxygens (including phenoxy) is 3. The van der Waals surface area contributed by atoms with E-state index in [0.717, 1.165) is 77.0 Å². The smallest absolute Gasteiger partial charge is 0.462 e. The zero-order valence-corrected chi connectivity index (χ0v) is 48.7. The van der Waals surface area contributed by atoms with Crippen molar-refractivity contribution >= 4 is 25.7 Å². The molecule has 0 fully saturated rings.